The van der Waals surface area contributed by atoms with Gasteiger partial charge in [-0.3, -0.25) is 0 Å². The SMILES string of the molecule is CCc1ccc(C(N)C(C)OC2CCCC(CC)C2)cc1. The van der Waals surface area contributed by atoms with E-state index in [2.05, 4.69) is 45.0 Å². The summed E-state index contributed by atoms with van der Waals surface area (Å²) in [5.41, 5.74) is 8.93. The van der Waals surface area contributed by atoms with Gasteiger partial charge in [0.1, 0.15) is 0 Å². The topological polar surface area (TPSA) is 35.2 Å². The van der Waals surface area contributed by atoms with Crippen molar-refractivity contribution >= 4 is 0 Å². The third kappa shape index (κ3) is 4.55. The summed E-state index contributed by atoms with van der Waals surface area (Å²) in [5, 5.41) is 0. The summed E-state index contributed by atoms with van der Waals surface area (Å²) in [5.74, 6) is 0.844. The maximum absolute atomic E-state index is 6.39. The van der Waals surface area contributed by atoms with E-state index in [1.165, 1.54) is 43.2 Å². The van der Waals surface area contributed by atoms with E-state index < -0.39 is 0 Å². The summed E-state index contributed by atoms with van der Waals surface area (Å²) in [4.78, 5) is 0. The Hall–Kier alpha value is -0.860. The van der Waals surface area contributed by atoms with Gasteiger partial charge in [0, 0.05) is 0 Å². The Morgan fingerprint density at radius 1 is 1.19 bits per heavy atom. The lowest BCUT2D eigenvalue weighted by molar-refractivity contribution is -0.0429. The number of nitrogens with two attached hydrogens (primary N) is 1. The van der Waals surface area contributed by atoms with Crippen molar-refractivity contribution < 1.29 is 4.74 Å². The van der Waals surface area contributed by atoms with Gasteiger partial charge in [0.15, 0.2) is 0 Å². The van der Waals surface area contributed by atoms with Gasteiger partial charge in [-0.25, -0.2) is 0 Å². The van der Waals surface area contributed by atoms with E-state index in [0.717, 1.165) is 12.3 Å². The number of aryl methyl sites for hydroxylation is 1. The Morgan fingerprint density at radius 2 is 1.90 bits per heavy atom. The number of benzene rings is 1. The molecular weight excluding hydrogens is 258 g/mol. The fourth-order valence-electron chi connectivity index (χ4n) is 3.37. The summed E-state index contributed by atoms with van der Waals surface area (Å²) in [6.07, 6.45) is 7.91. The molecule has 0 radical (unpaired) electrons. The van der Waals surface area contributed by atoms with Gasteiger partial charge in [0.25, 0.3) is 0 Å². The van der Waals surface area contributed by atoms with Crippen molar-refractivity contribution in [1.82, 2.24) is 0 Å². The van der Waals surface area contributed by atoms with E-state index >= 15 is 0 Å². The molecule has 21 heavy (non-hydrogen) atoms. The van der Waals surface area contributed by atoms with Gasteiger partial charge in [0.2, 0.25) is 0 Å². The van der Waals surface area contributed by atoms with Crippen molar-refractivity contribution in [3.8, 4) is 0 Å². The van der Waals surface area contributed by atoms with Crippen molar-refractivity contribution in [3.05, 3.63) is 35.4 Å². The average Bonchev–Trinajstić information content (AvgIpc) is 2.54. The molecule has 2 rings (SSSR count). The van der Waals surface area contributed by atoms with Crippen LogP contribution in [0.4, 0.5) is 0 Å². The molecule has 0 amide bonds. The van der Waals surface area contributed by atoms with Gasteiger partial charge in [-0.2, -0.15) is 0 Å². The molecule has 2 N–H and O–H groups in total. The molecule has 2 nitrogen and oxygen atoms in total. The molecular formula is C19H31NO. The number of hydrogen-bond acceptors (Lipinski definition) is 2. The predicted octanol–water partition coefficient (Wildman–Crippen LogP) is 4.62. The van der Waals surface area contributed by atoms with E-state index in [1.54, 1.807) is 0 Å². The van der Waals surface area contributed by atoms with Crippen LogP contribution in [0.2, 0.25) is 0 Å². The average molecular weight is 289 g/mol. The van der Waals surface area contributed by atoms with Crippen LogP contribution >= 0.6 is 0 Å². The smallest absolute Gasteiger partial charge is 0.0743 e. The molecule has 1 aromatic carbocycles. The summed E-state index contributed by atoms with van der Waals surface area (Å²) in [6, 6.07) is 8.63. The minimum absolute atomic E-state index is 0.0297. The first-order chi connectivity index (χ1) is 10.1. The zero-order chi connectivity index (χ0) is 15.2. The van der Waals surface area contributed by atoms with Gasteiger partial charge >= 0.3 is 0 Å². The van der Waals surface area contributed by atoms with Gasteiger partial charge in [-0.05, 0) is 43.2 Å². The molecule has 1 aromatic rings. The molecule has 0 bridgehead atoms. The first kappa shape index (κ1) is 16.5. The molecule has 1 aliphatic rings. The van der Waals surface area contributed by atoms with Crippen molar-refractivity contribution in [2.24, 2.45) is 11.7 Å². The van der Waals surface area contributed by atoms with E-state index in [4.69, 9.17) is 10.5 Å². The first-order valence-electron chi connectivity index (χ1n) is 8.63. The highest BCUT2D eigenvalue weighted by Gasteiger charge is 2.25. The molecule has 1 fully saturated rings. The minimum atomic E-state index is -0.0297. The van der Waals surface area contributed by atoms with Crippen LogP contribution < -0.4 is 5.73 Å². The third-order valence-corrected chi connectivity index (χ3v) is 5.00. The summed E-state index contributed by atoms with van der Waals surface area (Å²) in [6.45, 7) is 6.58. The zero-order valence-corrected chi connectivity index (χ0v) is 13.8. The zero-order valence-electron chi connectivity index (χ0n) is 13.8. The quantitative estimate of drug-likeness (QED) is 0.829. The van der Waals surface area contributed by atoms with Crippen LogP contribution in [-0.2, 0) is 11.2 Å². The highest BCUT2D eigenvalue weighted by Crippen LogP contribution is 2.30. The summed E-state index contributed by atoms with van der Waals surface area (Å²) in [7, 11) is 0. The van der Waals surface area contributed by atoms with Gasteiger partial charge < -0.3 is 10.5 Å². The maximum atomic E-state index is 6.39. The number of ether oxygens (including phenoxy) is 1. The predicted molar refractivity (Wildman–Crippen MR) is 89.3 cm³/mol. The molecule has 1 saturated carbocycles. The summed E-state index contributed by atoms with van der Waals surface area (Å²) < 4.78 is 6.27. The Morgan fingerprint density at radius 3 is 2.52 bits per heavy atom. The van der Waals surface area contributed by atoms with Crippen LogP contribution in [0, 0.1) is 5.92 Å². The molecule has 4 atom stereocenters. The van der Waals surface area contributed by atoms with Gasteiger partial charge in [-0.15, -0.1) is 0 Å². The fraction of sp³-hybridized carbons (Fsp3) is 0.684. The van der Waals surface area contributed by atoms with Crippen LogP contribution in [0.3, 0.4) is 0 Å². The Kier molecular flexibility index (Phi) is 6.25. The Balaban J connectivity index is 1.90. The van der Waals surface area contributed by atoms with Gasteiger partial charge in [-0.1, -0.05) is 57.4 Å². The second-order valence-electron chi connectivity index (χ2n) is 6.53. The van der Waals surface area contributed by atoms with Crippen molar-refractivity contribution in [1.29, 1.82) is 0 Å². The molecule has 2 heteroatoms. The molecule has 1 aliphatic carbocycles. The fourth-order valence-corrected chi connectivity index (χ4v) is 3.37. The van der Waals surface area contributed by atoms with Crippen molar-refractivity contribution in [2.75, 3.05) is 0 Å². The van der Waals surface area contributed by atoms with Crippen LogP contribution in [0.15, 0.2) is 24.3 Å². The minimum Gasteiger partial charge on any atom is -0.373 e. The molecule has 0 aromatic heterocycles. The van der Waals surface area contributed by atoms with Crippen LogP contribution in [0.1, 0.15) is 70.0 Å². The normalized spacial score (nSPS) is 25.5. The molecule has 4 unspecified atom stereocenters. The Bertz CT molecular complexity index is 414. The number of hydrogen-bond donors (Lipinski definition) is 1. The van der Waals surface area contributed by atoms with E-state index in [0.29, 0.717) is 6.10 Å². The lowest BCUT2D eigenvalue weighted by Gasteiger charge is -2.32. The van der Waals surface area contributed by atoms with Crippen molar-refractivity contribution in [2.45, 2.75) is 77.5 Å². The van der Waals surface area contributed by atoms with Gasteiger partial charge in [0.05, 0.1) is 18.2 Å². The van der Waals surface area contributed by atoms with Crippen LogP contribution in [0.25, 0.3) is 0 Å². The second-order valence-corrected chi connectivity index (χ2v) is 6.53. The second kappa shape index (κ2) is 7.95. The summed E-state index contributed by atoms with van der Waals surface area (Å²) >= 11 is 0. The molecule has 118 valence electrons. The molecule has 0 spiro atoms. The van der Waals surface area contributed by atoms with E-state index in [-0.39, 0.29) is 12.1 Å². The number of rotatable bonds is 6. The van der Waals surface area contributed by atoms with E-state index in [1.807, 2.05) is 0 Å². The van der Waals surface area contributed by atoms with Crippen LogP contribution in [0.5, 0.6) is 0 Å². The van der Waals surface area contributed by atoms with E-state index in [9.17, 15) is 0 Å². The highest BCUT2D eigenvalue weighted by atomic mass is 16.5. The lowest BCUT2D eigenvalue weighted by Crippen LogP contribution is -2.33. The largest absolute Gasteiger partial charge is 0.373 e. The third-order valence-electron chi connectivity index (χ3n) is 5.00. The highest BCUT2D eigenvalue weighted by molar-refractivity contribution is 5.25. The Labute approximate surface area is 130 Å². The monoisotopic (exact) mass is 289 g/mol. The van der Waals surface area contributed by atoms with Crippen molar-refractivity contribution in [3.63, 3.8) is 0 Å². The lowest BCUT2D eigenvalue weighted by atomic mass is 9.85. The van der Waals surface area contributed by atoms with Crippen LogP contribution in [-0.4, -0.2) is 12.2 Å². The molecule has 0 heterocycles. The standard InChI is InChI=1S/C19H31NO/c1-4-15-9-11-17(12-10-15)19(20)14(3)21-18-8-6-7-16(5-2)13-18/h9-12,14,16,18-19H,4-8,13,20H2,1-3H3. The molecule has 0 aliphatic heterocycles. The maximum Gasteiger partial charge on any atom is 0.0743 e. The molecule has 0 saturated heterocycles. The first-order valence-corrected chi connectivity index (χ1v) is 8.63.